The van der Waals surface area contributed by atoms with Crippen LogP contribution >= 0.6 is 11.3 Å². The number of carbonyl (C=O) groups excluding carboxylic acids is 1. The van der Waals surface area contributed by atoms with E-state index in [4.69, 9.17) is 9.15 Å². The standard InChI is InChI=1S/C26H20N2O3S/c1-17-7-2-5-10-22(17)28-25(29)21-13-18-8-3-4-9-19(18)14-23(21)30-15-20-16-31-26(27-20)24-11-6-12-32-24/h2-14,16H,15H2,1H3,(H,28,29). The van der Waals surface area contributed by atoms with Crippen LogP contribution in [0, 0.1) is 6.92 Å². The minimum absolute atomic E-state index is 0.192. The van der Waals surface area contributed by atoms with E-state index in [1.54, 1.807) is 17.6 Å². The smallest absolute Gasteiger partial charge is 0.259 e. The Hall–Kier alpha value is -3.90. The fourth-order valence-corrected chi connectivity index (χ4v) is 4.11. The van der Waals surface area contributed by atoms with Gasteiger partial charge in [-0.25, -0.2) is 4.98 Å². The molecule has 0 spiro atoms. The Morgan fingerprint density at radius 3 is 2.59 bits per heavy atom. The van der Waals surface area contributed by atoms with E-state index in [1.165, 1.54) is 0 Å². The van der Waals surface area contributed by atoms with Crippen molar-refractivity contribution in [3.05, 3.63) is 101 Å². The van der Waals surface area contributed by atoms with Crippen LogP contribution in [0.15, 0.2) is 88.9 Å². The number of oxazole rings is 1. The summed E-state index contributed by atoms with van der Waals surface area (Å²) in [6.07, 6.45) is 1.59. The highest BCUT2D eigenvalue weighted by Crippen LogP contribution is 2.29. The second kappa shape index (κ2) is 8.69. The van der Waals surface area contributed by atoms with Gasteiger partial charge in [0.05, 0.1) is 10.4 Å². The largest absolute Gasteiger partial charge is 0.486 e. The fraction of sp³-hybridized carbons (Fsp3) is 0.0769. The Kier molecular flexibility index (Phi) is 5.44. The zero-order valence-electron chi connectivity index (χ0n) is 17.4. The van der Waals surface area contributed by atoms with E-state index < -0.39 is 0 Å². The summed E-state index contributed by atoms with van der Waals surface area (Å²) in [5, 5.41) is 6.94. The molecule has 0 atom stereocenters. The first-order chi connectivity index (χ1) is 15.7. The van der Waals surface area contributed by atoms with E-state index >= 15 is 0 Å². The Morgan fingerprint density at radius 1 is 1.03 bits per heavy atom. The number of rotatable bonds is 6. The highest BCUT2D eigenvalue weighted by Gasteiger charge is 2.16. The van der Waals surface area contributed by atoms with Crippen molar-refractivity contribution >= 4 is 33.7 Å². The predicted octanol–water partition coefficient (Wildman–Crippen LogP) is 6.70. The van der Waals surface area contributed by atoms with Crippen molar-refractivity contribution in [1.29, 1.82) is 0 Å². The van der Waals surface area contributed by atoms with E-state index in [0.717, 1.165) is 26.9 Å². The molecule has 5 nitrogen and oxygen atoms in total. The maximum Gasteiger partial charge on any atom is 0.259 e. The highest BCUT2D eigenvalue weighted by atomic mass is 32.1. The van der Waals surface area contributed by atoms with Gasteiger partial charge in [0.1, 0.15) is 24.3 Å². The molecule has 0 aliphatic carbocycles. The molecule has 0 radical (unpaired) electrons. The number of para-hydroxylation sites is 1. The number of anilines is 1. The van der Waals surface area contributed by atoms with Crippen LogP contribution in [-0.4, -0.2) is 10.9 Å². The summed E-state index contributed by atoms with van der Waals surface area (Å²) in [6, 6.07) is 23.2. The van der Waals surface area contributed by atoms with Crippen molar-refractivity contribution in [2.75, 3.05) is 5.32 Å². The molecule has 2 heterocycles. The van der Waals surface area contributed by atoms with Crippen LogP contribution in [0.3, 0.4) is 0 Å². The first-order valence-corrected chi connectivity index (χ1v) is 11.1. The number of benzene rings is 3. The number of ether oxygens (including phenoxy) is 1. The number of carbonyl (C=O) groups is 1. The van der Waals surface area contributed by atoms with Crippen LogP contribution in [-0.2, 0) is 6.61 Å². The first-order valence-electron chi connectivity index (χ1n) is 10.2. The van der Waals surface area contributed by atoms with E-state index in [-0.39, 0.29) is 12.5 Å². The Morgan fingerprint density at radius 2 is 1.81 bits per heavy atom. The lowest BCUT2D eigenvalue weighted by atomic mass is 10.0. The SMILES string of the molecule is Cc1ccccc1NC(=O)c1cc2ccccc2cc1OCc1coc(-c2cccs2)n1. The number of nitrogens with zero attached hydrogens (tertiary/aromatic N) is 1. The van der Waals surface area contributed by atoms with E-state index in [9.17, 15) is 4.79 Å². The molecule has 0 fully saturated rings. The third-order valence-electron chi connectivity index (χ3n) is 5.15. The monoisotopic (exact) mass is 440 g/mol. The summed E-state index contributed by atoms with van der Waals surface area (Å²) in [4.78, 5) is 18.6. The molecule has 0 aliphatic rings. The molecule has 5 rings (SSSR count). The second-order valence-corrected chi connectivity index (χ2v) is 8.32. The summed E-state index contributed by atoms with van der Waals surface area (Å²) >= 11 is 1.56. The second-order valence-electron chi connectivity index (χ2n) is 7.37. The van der Waals surface area contributed by atoms with Crippen molar-refractivity contribution in [3.8, 4) is 16.5 Å². The molecule has 1 N–H and O–H groups in total. The van der Waals surface area contributed by atoms with Crippen LogP contribution in [0.25, 0.3) is 21.5 Å². The van der Waals surface area contributed by atoms with Gasteiger partial charge < -0.3 is 14.5 Å². The summed E-state index contributed by atoms with van der Waals surface area (Å²) in [6.45, 7) is 2.15. The number of thiophene rings is 1. The Labute approximate surface area is 189 Å². The highest BCUT2D eigenvalue weighted by molar-refractivity contribution is 7.13. The van der Waals surface area contributed by atoms with Crippen LogP contribution < -0.4 is 10.1 Å². The topological polar surface area (TPSA) is 64.4 Å². The quantitative estimate of drug-likeness (QED) is 0.319. The third kappa shape index (κ3) is 4.13. The number of hydrogen-bond donors (Lipinski definition) is 1. The minimum atomic E-state index is -0.223. The number of hydrogen-bond acceptors (Lipinski definition) is 5. The van der Waals surface area contributed by atoms with Gasteiger partial charge in [0.15, 0.2) is 0 Å². The van der Waals surface area contributed by atoms with Crippen LogP contribution in [0.5, 0.6) is 5.75 Å². The van der Waals surface area contributed by atoms with Gasteiger partial charge in [0.2, 0.25) is 5.89 Å². The van der Waals surface area contributed by atoms with Gasteiger partial charge in [-0.05, 0) is 52.9 Å². The molecular formula is C26H20N2O3S. The third-order valence-corrected chi connectivity index (χ3v) is 6.00. The van der Waals surface area contributed by atoms with Crippen molar-refractivity contribution in [3.63, 3.8) is 0 Å². The van der Waals surface area contributed by atoms with Crippen LogP contribution in [0.1, 0.15) is 21.6 Å². The summed E-state index contributed by atoms with van der Waals surface area (Å²) in [5.41, 5.74) is 2.89. The van der Waals surface area contributed by atoms with Crippen molar-refractivity contribution in [2.45, 2.75) is 13.5 Å². The van der Waals surface area contributed by atoms with Gasteiger partial charge in [0, 0.05) is 5.69 Å². The Bertz CT molecular complexity index is 1390. The summed E-state index contributed by atoms with van der Waals surface area (Å²) < 4.78 is 11.6. The number of nitrogens with one attached hydrogen (secondary N) is 1. The maximum atomic E-state index is 13.2. The summed E-state index contributed by atoms with van der Waals surface area (Å²) in [5.74, 6) is 0.838. The zero-order valence-corrected chi connectivity index (χ0v) is 18.2. The molecule has 0 saturated carbocycles. The van der Waals surface area contributed by atoms with Crippen molar-refractivity contribution < 1.29 is 13.9 Å². The average Bonchev–Trinajstić information content (AvgIpc) is 3.50. The van der Waals surface area contributed by atoms with Crippen LogP contribution in [0.2, 0.25) is 0 Å². The van der Waals surface area contributed by atoms with E-state index in [1.807, 2.05) is 85.1 Å². The van der Waals surface area contributed by atoms with Gasteiger partial charge in [-0.1, -0.05) is 48.5 Å². The molecule has 32 heavy (non-hydrogen) atoms. The van der Waals surface area contributed by atoms with Crippen molar-refractivity contribution in [2.24, 2.45) is 0 Å². The average molecular weight is 441 g/mol. The molecule has 0 bridgehead atoms. The molecule has 5 aromatic rings. The lowest BCUT2D eigenvalue weighted by Crippen LogP contribution is -2.14. The lowest BCUT2D eigenvalue weighted by molar-refractivity contribution is 0.102. The lowest BCUT2D eigenvalue weighted by Gasteiger charge is -2.14. The normalized spacial score (nSPS) is 10.9. The van der Waals surface area contributed by atoms with E-state index in [2.05, 4.69) is 10.3 Å². The molecule has 6 heteroatoms. The van der Waals surface area contributed by atoms with Crippen LogP contribution in [0.4, 0.5) is 5.69 Å². The molecule has 0 aliphatic heterocycles. The molecule has 158 valence electrons. The van der Waals surface area contributed by atoms with Gasteiger partial charge >= 0.3 is 0 Å². The minimum Gasteiger partial charge on any atom is -0.486 e. The zero-order chi connectivity index (χ0) is 21.9. The predicted molar refractivity (Wildman–Crippen MR) is 127 cm³/mol. The van der Waals surface area contributed by atoms with Crippen molar-refractivity contribution in [1.82, 2.24) is 4.98 Å². The maximum absolute atomic E-state index is 13.2. The number of aromatic nitrogens is 1. The Balaban J connectivity index is 1.43. The molecule has 0 unspecified atom stereocenters. The molecule has 1 amide bonds. The van der Waals surface area contributed by atoms with Gasteiger partial charge in [-0.3, -0.25) is 4.79 Å². The molecule has 0 saturated heterocycles. The summed E-state index contributed by atoms with van der Waals surface area (Å²) in [7, 11) is 0. The first kappa shape index (κ1) is 20.0. The van der Waals surface area contributed by atoms with Gasteiger partial charge in [-0.15, -0.1) is 11.3 Å². The number of fused-ring (bicyclic) bond motifs is 1. The number of amides is 1. The molecule has 2 aromatic heterocycles. The van der Waals surface area contributed by atoms with Gasteiger partial charge in [-0.2, -0.15) is 0 Å². The molecule has 3 aromatic carbocycles. The fourth-order valence-electron chi connectivity index (χ4n) is 3.46. The van der Waals surface area contributed by atoms with E-state index in [0.29, 0.717) is 22.9 Å². The number of aryl methyl sites for hydroxylation is 1. The van der Waals surface area contributed by atoms with Gasteiger partial charge in [0.25, 0.3) is 5.91 Å². The molecular weight excluding hydrogens is 420 g/mol.